The Labute approximate surface area is 501 Å². The van der Waals surface area contributed by atoms with Crippen molar-refractivity contribution in [3.8, 4) is 0 Å². The predicted octanol–water partition coefficient (Wildman–Crippen LogP) is 23.7. The molecule has 0 saturated heterocycles. The standard InChI is InChI=1S/C74H143NO5/c1-3-5-7-9-11-13-15-17-18-19-20-21-22-27-30-33-36-39-43-46-50-54-58-62-66-72(77)71(70-76)75-73(78)67-63-59-55-51-47-44-40-37-34-31-28-25-23-24-26-29-32-35-38-41-45-49-53-57-61-65-69-80-74(79)68-64-60-56-52-48-42-16-14-12-10-8-6-4-2/h14,16,23,25,71-72,76-77H,3-13,15,17-22,24,26-70H2,1-2H3,(H,75,78)/b16-14-,25-23-. The molecule has 0 aliphatic rings. The summed E-state index contributed by atoms with van der Waals surface area (Å²) in [7, 11) is 0. The molecule has 0 aliphatic carbocycles. The molecule has 2 atom stereocenters. The Kier molecular flexibility index (Phi) is 68.4. The molecule has 0 radical (unpaired) electrons. The summed E-state index contributed by atoms with van der Waals surface area (Å²) in [5, 5.41) is 23.5. The molecule has 0 spiro atoms. The van der Waals surface area contributed by atoms with Gasteiger partial charge < -0.3 is 20.3 Å². The number of aliphatic hydroxyl groups is 2. The first-order chi connectivity index (χ1) is 39.5. The SMILES string of the molecule is CCCCCC/C=C\CCCCCCCC(=O)OCCCCCCCCCCCCCC/C=C\CCCCCCCCCCCCC(=O)NC(CO)C(O)CCCCCCCCCCCCCCCCCCCCCCCCCC. The van der Waals surface area contributed by atoms with Gasteiger partial charge in [-0.15, -0.1) is 0 Å². The quantitative estimate of drug-likeness (QED) is 0.0320. The number of esters is 1. The fraction of sp³-hybridized carbons (Fsp3) is 0.919. The average Bonchev–Trinajstić information content (AvgIpc) is 3.46. The summed E-state index contributed by atoms with van der Waals surface area (Å²) in [5.74, 6) is -0.0259. The first-order valence-corrected chi connectivity index (χ1v) is 36.6. The Morgan fingerprint density at radius 2 is 0.588 bits per heavy atom. The molecule has 0 rings (SSSR count). The second-order valence-corrected chi connectivity index (χ2v) is 25.3. The number of rotatable bonds is 69. The molecule has 0 aromatic heterocycles. The Morgan fingerprint density at radius 3 is 0.900 bits per heavy atom. The molecular formula is C74H143NO5. The van der Waals surface area contributed by atoms with Gasteiger partial charge in [-0.25, -0.2) is 0 Å². The normalized spacial score (nSPS) is 12.6. The van der Waals surface area contributed by atoms with Gasteiger partial charge in [0.05, 0.1) is 25.4 Å². The highest BCUT2D eigenvalue weighted by molar-refractivity contribution is 5.76. The number of aliphatic hydroxyl groups excluding tert-OH is 2. The monoisotopic (exact) mass is 1130 g/mol. The summed E-state index contributed by atoms with van der Waals surface area (Å²) in [4.78, 5) is 24.6. The van der Waals surface area contributed by atoms with Crippen molar-refractivity contribution in [2.24, 2.45) is 0 Å². The van der Waals surface area contributed by atoms with E-state index in [1.54, 1.807) is 0 Å². The van der Waals surface area contributed by atoms with E-state index in [0.29, 0.717) is 25.9 Å². The van der Waals surface area contributed by atoms with E-state index in [1.807, 2.05) is 0 Å². The Hall–Kier alpha value is -1.66. The highest BCUT2D eigenvalue weighted by Crippen LogP contribution is 2.19. The molecule has 80 heavy (non-hydrogen) atoms. The third-order valence-electron chi connectivity index (χ3n) is 17.2. The topological polar surface area (TPSA) is 95.9 Å². The number of carbonyl (C=O) groups excluding carboxylic acids is 2. The van der Waals surface area contributed by atoms with Crippen molar-refractivity contribution < 1.29 is 24.5 Å². The van der Waals surface area contributed by atoms with Crippen molar-refractivity contribution in [3.05, 3.63) is 24.3 Å². The van der Waals surface area contributed by atoms with E-state index in [-0.39, 0.29) is 18.5 Å². The van der Waals surface area contributed by atoms with Gasteiger partial charge in [0.15, 0.2) is 0 Å². The number of ether oxygens (including phenoxy) is 1. The lowest BCUT2D eigenvalue weighted by Crippen LogP contribution is -2.45. The number of allylic oxidation sites excluding steroid dienone is 4. The first-order valence-electron chi connectivity index (χ1n) is 36.6. The first kappa shape index (κ1) is 78.3. The fourth-order valence-corrected chi connectivity index (χ4v) is 11.6. The maximum Gasteiger partial charge on any atom is 0.305 e. The van der Waals surface area contributed by atoms with Crippen LogP contribution in [0.15, 0.2) is 24.3 Å². The van der Waals surface area contributed by atoms with E-state index in [9.17, 15) is 19.8 Å². The zero-order valence-electron chi connectivity index (χ0n) is 54.3. The molecule has 474 valence electrons. The molecule has 0 bridgehead atoms. The minimum atomic E-state index is -0.667. The van der Waals surface area contributed by atoms with Crippen LogP contribution >= 0.6 is 0 Å². The van der Waals surface area contributed by atoms with Crippen molar-refractivity contribution >= 4 is 11.9 Å². The molecule has 6 heteroatoms. The van der Waals surface area contributed by atoms with Gasteiger partial charge in [-0.1, -0.05) is 346 Å². The zero-order valence-corrected chi connectivity index (χ0v) is 54.3. The van der Waals surface area contributed by atoms with Crippen molar-refractivity contribution in [3.63, 3.8) is 0 Å². The van der Waals surface area contributed by atoms with Gasteiger partial charge in [0.1, 0.15) is 0 Å². The van der Waals surface area contributed by atoms with Gasteiger partial charge in [-0.2, -0.15) is 0 Å². The summed E-state index contributed by atoms with van der Waals surface area (Å²) in [6, 6.07) is -0.544. The lowest BCUT2D eigenvalue weighted by molar-refractivity contribution is -0.143. The van der Waals surface area contributed by atoms with Crippen LogP contribution in [0.5, 0.6) is 0 Å². The van der Waals surface area contributed by atoms with Crippen LogP contribution in [0.1, 0.15) is 412 Å². The van der Waals surface area contributed by atoms with Crippen LogP contribution in [0.25, 0.3) is 0 Å². The van der Waals surface area contributed by atoms with Crippen molar-refractivity contribution in [2.45, 2.75) is 424 Å². The summed E-state index contributed by atoms with van der Waals surface area (Å²) in [5.41, 5.74) is 0. The van der Waals surface area contributed by atoms with Crippen LogP contribution in [-0.4, -0.2) is 47.4 Å². The van der Waals surface area contributed by atoms with E-state index >= 15 is 0 Å². The predicted molar refractivity (Wildman–Crippen MR) is 352 cm³/mol. The van der Waals surface area contributed by atoms with Crippen LogP contribution in [0.2, 0.25) is 0 Å². The summed E-state index contributed by atoms with van der Waals surface area (Å²) in [6.07, 6.45) is 88.1. The van der Waals surface area contributed by atoms with Gasteiger partial charge in [0.2, 0.25) is 5.91 Å². The second-order valence-electron chi connectivity index (χ2n) is 25.3. The lowest BCUT2D eigenvalue weighted by Gasteiger charge is -2.22. The van der Waals surface area contributed by atoms with Crippen molar-refractivity contribution in [1.82, 2.24) is 5.32 Å². The molecule has 0 aromatic rings. The van der Waals surface area contributed by atoms with E-state index in [0.717, 1.165) is 44.9 Å². The number of hydrogen-bond donors (Lipinski definition) is 3. The largest absolute Gasteiger partial charge is 0.466 e. The summed E-state index contributed by atoms with van der Waals surface area (Å²) < 4.78 is 5.48. The molecule has 0 aromatic carbocycles. The minimum Gasteiger partial charge on any atom is -0.466 e. The molecule has 0 heterocycles. The van der Waals surface area contributed by atoms with E-state index in [4.69, 9.17) is 4.74 Å². The number of hydrogen-bond acceptors (Lipinski definition) is 5. The highest BCUT2D eigenvalue weighted by Gasteiger charge is 2.20. The Balaban J connectivity index is 3.39. The number of unbranched alkanes of at least 4 members (excludes halogenated alkanes) is 54. The van der Waals surface area contributed by atoms with Crippen LogP contribution in [0.3, 0.4) is 0 Å². The van der Waals surface area contributed by atoms with Gasteiger partial charge in [-0.3, -0.25) is 9.59 Å². The van der Waals surface area contributed by atoms with Crippen LogP contribution in [0.4, 0.5) is 0 Å². The molecule has 6 nitrogen and oxygen atoms in total. The summed E-state index contributed by atoms with van der Waals surface area (Å²) >= 11 is 0. The van der Waals surface area contributed by atoms with Gasteiger partial charge in [-0.05, 0) is 77.0 Å². The van der Waals surface area contributed by atoms with Gasteiger partial charge in [0, 0.05) is 12.8 Å². The smallest absolute Gasteiger partial charge is 0.305 e. The molecule has 3 N–H and O–H groups in total. The van der Waals surface area contributed by atoms with E-state index < -0.39 is 12.1 Å². The number of carbonyl (C=O) groups is 2. The Morgan fingerprint density at radius 1 is 0.338 bits per heavy atom. The third-order valence-corrected chi connectivity index (χ3v) is 17.2. The lowest BCUT2D eigenvalue weighted by atomic mass is 10.0. The van der Waals surface area contributed by atoms with E-state index in [1.165, 1.54) is 334 Å². The summed E-state index contributed by atoms with van der Waals surface area (Å²) in [6.45, 7) is 4.97. The third kappa shape index (κ3) is 65.5. The van der Waals surface area contributed by atoms with E-state index in [2.05, 4.69) is 43.5 Å². The number of nitrogens with one attached hydrogen (secondary N) is 1. The molecular weight excluding hydrogens is 983 g/mol. The highest BCUT2D eigenvalue weighted by atomic mass is 16.5. The molecule has 0 saturated carbocycles. The molecule has 0 fully saturated rings. The molecule has 0 aliphatic heterocycles. The average molecular weight is 1130 g/mol. The maximum atomic E-state index is 12.6. The fourth-order valence-electron chi connectivity index (χ4n) is 11.6. The molecule has 1 amide bonds. The van der Waals surface area contributed by atoms with Crippen molar-refractivity contribution in [2.75, 3.05) is 13.2 Å². The van der Waals surface area contributed by atoms with Crippen LogP contribution in [-0.2, 0) is 14.3 Å². The second kappa shape index (κ2) is 69.8. The van der Waals surface area contributed by atoms with Crippen molar-refractivity contribution in [1.29, 1.82) is 0 Å². The molecule has 2 unspecified atom stereocenters. The Bertz CT molecular complexity index is 1250. The van der Waals surface area contributed by atoms with Crippen LogP contribution in [0, 0.1) is 0 Å². The van der Waals surface area contributed by atoms with Crippen LogP contribution < -0.4 is 5.32 Å². The number of amides is 1. The van der Waals surface area contributed by atoms with Gasteiger partial charge in [0.25, 0.3) is 0 Å². The maximum absolute atomic E-state index is 12.6. The van der Waals surface area contributed by atoms with Gasteiger partial charge >= 0.3 is 5.97 Å². The zero-order chi connectivity index (χ0) is 57.8. The minimum absolute atomic E-state index is 0.00593.